The van der Waals surface area contributed by atoms with Gasteiger partial charge in [0.2, 0.25) is 0 Å². The molecule has 0 aliphatic carbocycles. The Labute approximate surface area is 132 Å². The smallest absolute Gasteiger partial charge is 0.144 e. The molecular weight excluding hydrogens is 340 g/mol. The number of nitrogens with two attached hydrogens (primary N) is 1. The summed E-state index contributed by atoms with van der Waals surface area (Å²) in [5.74, 6) is 0.673. The molecule has 0 saturated carbocycles. The summed E-state index contributed by atoms with van der Waals surface area (Å²) in [4.78, 5) is 0. The summed E-state index contributed by atoms with van der Waals surface area (Å²) in [7, 11) is 0. The molecule has 2 rings (SSSR count). The van der Waals surface area contributed by atoms with Crippen LogP contribution < -0.4 is 15.8 Å². The minimum atomic E-state index is 0.577. The van der Waals surface area contributed by atoms with Gasteiger partial charge in [-0.3, -0.25) is 0 Å². The Kier molecular flexibility index (Phi) is 4.78. The molecule has 0 bridgehead atoms. The summed E-state index contributed by atoms with van der Waals surface area (Å²) < 4.78 is 6.44. The monoisotopic (exact) mass is 354 g/mol. The van der Waals surface area contributed by atoms with Crippen LogP contribution in [0, 0.1) is 6.92 Å². The fraction of sp³-hybridized carbons (Fsp3) is 0.200. The first-order chi connectivity index (χ1) is 9.51. The lowest BCUT2D eigenvalue weighted by atomic mass is 10.2. The van der Waals surface area contributed by atoms with E-state index in [1.807, 2.05) is 44.2 Å². The Morgan fingerprint density at radius 2 is 2.05 bits per heavy atom. The highest BCUT2D eigenvalue weighted by Gasteiger charge is 2.07. The molecule has 0 aliphatic heterocycles. The summed E-state index contributed by atoms with van der Waals surface area (Å²) in [6.07, 6.45) is 0. The molecule has 3 nitrogen and oxygen atoms in total. The van der Waals surface area contributed by atoms with Crippen molar-refractivity contribution in [1.82, 2.24) is 0 Å². The van der Waals surface area contributed by atoms with E-state index in [1.165, 1.54) is 0 Å². The highest BCUT2D eigenvalue weighted by Crippen LogP contribution is 2.33. The van der Waals surface area contributed by atoms with Gasteiger partial charge in [0.1, 0.15) is 5.75 Å². The van der Waals surface area contributed by atoms with Crippen molar-refractivity contribution in [2.75, 3.05) is 17.7 Å². The van der Waals surface area contributed by atoms with Crippen LogP contribution in [0.15, 0.2) is 34.8 Å². The number of hydrogen-bond acceptors (Lipinski definition) is 3. The molecule has 2 aromatic carbocycles. The fourth-order valence-electron chi connectivity index (χ4n) is 1.79. The minimum absolute atomic E-state index is 0.577. The van der Waals surface area contributed by atoms with Crippen molar-refractivity contribution >= 4 is 44.6 Å². The van der Waals surface area contributed by atoms with Crippen molar-refractivity contribution in [2.24, 2.45) is 0 Å². The van der Waals surface area contributed by atoms with Gasteiger partial charge in [-0.15, -0.1) is 0 Å². The molecule has 0 aliphatic rings. The van der Waals surface area contributed by atoms with Gasteiger partial charge >= 0.3 is 0 Å². The van der Waals surface area contributed by atoms with Gasteiger partial charge < -0.3 is 15.8 Å². The zero-order chi connectivity index (χ0) is 14.7. The lowest BCUT2D eigenvalue weighted by Gasteiger charge is -2.13. The van der Waals surface area contributed by atoms with E-state index in [-0.39, 0.29) is 0 Å². The van der Waals surface area contributed by atoms with Crippen LogP contribution in [0.5, 0.6) is 5.75 Å². The molecule has 0 saturated heterocycles. The maximum absolute atomic E-state index is 6.15. The summed E-state index contributed by atoms with van der Waals surface area (Å²) in [6.45, 7) is 4.47. The van der Waals surface area contributed by atoms with Gasteiger partial charge in [0, 0.05) is 21.2 Å². The zero-order valence-electron chi connectivity index (χ0n) is 11.3. The number of benzene rings is 2. The van der Waals surface area contributed by atoms with E-state index in [2.05, 4.69) is 21.2 Å². The minimum Gasteiger partial charge on any atom is -0.492 e. The average Bonchev–Trinajstić information content (AvgIpc) is 2.40. The number of aryl methyl sites for hydroxylation is 1. The predicted octanol–water partition coefficient (Wildman–Crippen LogP) is 5.14. The second kappa shape index (κ2) is 6.37. The van der Waals surface area contributed by atoms with Crippen LogP contribution in [-0.2, 0) is 0 Å². The molecule has 106 valence electrons. The molecule has 0 atom stereocenters. The summed E-state index contributed by atoms with van der Waals surface area (Å²) in [5.41, 5.74) is 9.30. The Morgan fingerprint density at radius 3 is 2.75 bits per heavy atom. The molecule has 3 N–H and O–H groups in total. The van der Waals surface area contributed by atoms with Gasteiger partial charge in [0.05, 0.1) is 18.0 Å². The molecule has 0 spiro atoms. The van der Waals surface area contributed by atoms with Gasteiger partial charge in [-0.1, -0.05) is 11.6 Å². The van der Waals surface area contributed by atoms with Crippen LogP contribution in [-0.4, -0.2) is 6.61 Å². The molecule has 5 heteroatoms. The number of halogens is 2. The standard InChI is InChI=1S/C15H16BrClN2O/c1-3-20-15-7-10(4-5-13(15)18)19-14-8-12(17)9(2)6-11(14)16/h4-8,19H,3,18H2,1-2H3. The van der Waals surface area contributed by atoms with Crippen LogP contribution in [0.4, 0.5) is 17.1 Å². The van der Waals surface area contributed by atoms with Gasteiger partial charge in [-0.2, -0.15) is 0 Å². The molecule has 0 amide bonds. The van der Waals surface area contributed by atoms with E-state index in [9.17, 15) is 0 Å². The van der Waals surface area contributed by atoms with E-state index in [0.29, 0.717) is 18.0 Å². The lowest BCUT2D eigenvalue weighted by Crippen LogP contribution is -1.99. The first-order valence-electron chi connectivity index (χ1n) is 6.26. The van der Waals surface area contributed by atoms with E-state index < -0.39 is 0 Å². The van der Waals surface area contributed by atoms with Crippen molar-refractivity contribution in [1.29, 1.82) is 0 Å². The van der Waals surface area contributed by atoms with Gasteiger partial charge in [0.15, 0.2) is 0 Å². The lowest BCUT2D eigenvalue weighted by molar-refractivity contribution is 0.342. The number of nitrogen functional groups attached to an aromatic ring is 1. The summed E-state index contributed by atoms with van der Waals surface area (Å²) >= 11 is 9.68. The highest BCUT2D eigenvalue weighted by molar-refractivity contribution is 9.10. The molecule has 2 aromatic rings. The van der Waals surface area contributed by atoms with Crippen LogP contribution in [0.2, 0.25) is 5.02 Å². The van der Waals surface area contributed by atoms with E-state index in [1.54, 1.807) is 0 Å². The third-order valence-corrected chi connectivity index (χ3v) is 3.90. The second-order valence-corrected chi connectivity index (χ2v) is 5.65. The number of ether oxygens (including phenoxy) is 1. The van der Waals surface area contributed by atoms with Gasteiger partial charge in [0.25, 0.3) is 0 Å². The maximum atomic E-state index is 6.15. The van der Waals surface area contributed by atoms with E-state index in [0.717, 1.165) is 26.4 Å². The summed E-state index contributed by atoms with van der Waals surface area (Å²) in [5, 5.41) is 4.02. The average molecular weight is 356 g/mol. The SMILES string of the molecule is CCOc1cc(Nc2cc(Cl)c(C)cc2Br)ccc1N. The first kappa shape index (κ1) is 15.0. The third kappa shape index (κ3) is 3.38. The molecular formula is C15H16BrClN2O. The molecule has 0 radical (unpaired) electrons. The molecule has 20 heavy (non-hydrogen) atoms. The highest BCUT2D eigenvalue weighted by atomic mass is 79.9. The quantitative estimate of drug-likeness (QED) is 0.747. The molecule has 0 fully saturated rings. The van der Waals surface area contributed by atoms with Crippen molar-refractivity contribution in [3.63, 3.8) is 0 Å². The van der Waals surface area contributed by atoms with Crippen LogP contribution in [0.3, 0.4) is 0 Å². The third-order valence-electron chi connectivity index (χ3n) is 2.84. The van der Waals surface area contributed by atoms with Crippen molar-refractivity contribution < 1.29 is 4.74 Å². The molecule has 0 unspecified atom stereocenters. The van der Waals surface area contributed by atoms with E-state index in [4.69, 9.17) is 22.1 Å². The fourth-order valence-corrected chi connectivity index (χ4v) is 2.51. The topological polar surface area (TPSA) is 47.3 Å². The normalized spacial score (nSPS) is 10.4. The summed E-state index contributed by atoms with van der Waals surface area (Å²) in [6, 6.07) is 9.46. The van der Waals surface area contributed by atoms with Gasteiger partial charge in [-0.05, 0) is 59.6 Å². The van der Waals surface area contributed by atoms with E-state index >= 15 is 0 Å². The number of rotatable bonds is 4. The Hall–Kier alpha value is -1.39. The van der Waals surface area contributed by atoms with Crippen LogP contribution in [0.25, 0.3) is 0 Å². The van der Waals surface area contributed by atoms with Crippen molar-refractivity contribution in [3.05, 3.63) is 45.4 Å². The van der Waals surface area contributed by atoms with Crippen molar-refractivity contribution in [2.45, 2.75) is 13.8 Å². The Morgan fingerprint density at radius 1 is 1.30 bits per heavy atom. The maximum Gasteiger partial charge on any atom is 0.144 e. The molecule has 0 aromatic heterocycles. The van der Waals surface area contributed by atoms with Crippen LogP contribution in [0.1, 0.15) is 12.5 Å². The van der Waals surface area contributed by atoms with Crippen molar-refractivity contribution in [3.8, 4) is 5.75 Å². The van der Waals surface area contributed by atoms with Crippen LogP contribution >= 0.6 is 27.5 Å². The molecule has 0 heterocycles. The second-order valence-electron chi connectivity index (χ2n) is 4.39. The number of anilines is 3. The zero-order valence-corrected chi connectivity index (χ0v) is 13.7. The first-order valence-corrected chi connectivity index (χ1v) is 7.43. The largest absolute Gasteiger partial charge is 0.492 e. The Balaban J connectivity index is 2.30. The predicted molar refractivity (Wildman–Crippen MR) is 89.2 cm³/mol. The number of nitrogens with one attached hydrogen (secondary N) is 1. The van der Waals surface area contributed by atoms with Gasteiger partial charge in [-0.25, -0.2) is 0 Å². The number of hydrogen-bond donors (Lipinski definition) is 2. The Bertz CT molecular complexity index is 632.